The Hall–Kier alpha value is -2.17. The van der Waals surface area contributed by atoms with Gasteiger partial charge in [0.2, 0.25) is 0 Å². The molecule has 5 heteroatoms. The van der Waals surface area contributed by atoms with Crippen molar-refractivity contribution < 1.29 is 0 Å². The summed E-state index contributed by atoms with van der Waals surface area (Å²) in [5.41, 5.74) is 2.14. The number of hydrogen-bond donors (Lipinski definition) is 0. The van der Waals surface area contributed by atoms with Crippen LogP contribution in [0.3, 0.4) is 0 Å². The molecule has 0 fully saturated rings. The van der Waals surface area contributed by atoms with Gasteiger partial charge in [-0.15, -0.1) is 5.10 Å². The SMILES string of the molecule is CCCCn1nnc2c(=O)n(C)c3ccccc3c21. The first kappa shape index (κ1) is 11.9. The summed E-state index contributed by atoms with van der Waals surface area (Å²) in [5, 5.41) is 9.23. The van der Waals surface area contributed by atoms with Crippen molar-refractivity contribution in [3.8, 4) is 0 Å². The second-order valence-corrected chi connectivity index (χ2v) is 4.74. The molecule has 1 aromatic carbocycles. The van der Waals surface area contributed by atoms with E-state index in [1.54, 1.807) is 11.6 Å². The van der Waals surface area contributed by atoms with E-state index in [0.29, 0.717) is 5.52 Å². The van der Waals surface area contributed by atoms with Gasteiger partial charge >= 0.3 is 0 Å². The summed E-state index contributed by atoms with van der Waals surface area (Å²) in [6.07, 6.45) is 2.12. The van der Waals surface area contributed by atoms with Gasteiger partial charge in [0.15, 0.2) is 5.52 Å². The average molecular weight is 256 g/mol. The summed E-state index contributed by atoms with van der Waals surface area (Å²) in [6.45, 7) is 2.93. The zero-order valence-electron chi connectivity index (χ0n) is 11.1. The van der Waals surface area contributed by atoms with Gasteiger partial charge < -0.3 is 4.57 Å². The van der Waals surface area contributed by atoms with Gasteiger partial charge in [-0.3, -0.25) is 4.79 Å². The van der Waals surface area contributed by atoms with E-state index >= 15 is 0 Å². The maximum atomic E-state index is 12.3. The molecule has 2 aromatic heterocycles. The molecule has 0 saturated heterocycles. The summed E-state index contributed by atoms with van der Waals surface area (Å²) in [7, 11) is 1.77. The smallest absolute Gasteiger partial charge is 0.280 e. The standard InChI is InChI=1S/C14H16N4O/c1-3-4-9-18-13-10-7-5-6-8-11(10)17(2)14(19)12(13)15-16-18/h5-8H,3-4,9H2,1-2H3. The molecule has 0 spiro atoms. The van der Waals surface area contributed by atoms with Crippen LogP contribution in [0.15, 0.2) is 29.1 Å². The van der Waals surface area contributed by atoms with E-state index in [9.17, 15) is 4.79 Å². The van der Waals surface area contributed by atoms with Crippen LogP contribution in [-0.2, 0) is 13.6 Å². The Kier molecular flexibility index (Phi) is 2.81. The molecule has 5 nitrogen and oxygen atoms in total. The minimum atomic E-state index is -0.0866. The molecular weight excluding hydrogens is 240 g/mol. The van der Waals surface area contributed by atoms with Crippen molar-refractivity contribution in [2.45, 2.75) is 26.3 Å². The lowest BCUT2D eigenvalue weighted by Gasteiger charge is -2.07. The van der Waals surface area contributed by atoms with Crippen molar-refractivity contribution in [1.29, 1.82) is 0 Å². The van der Waals surface area contributed by atoms with Gasteiger partial charge in [-0.2, -0.15) is 0 Å². The molecule has 0 N–H and O–H groups in total. The van der Waals surface area contributed by atoms with Crippen molar-refractivity contribution in [3.05, 3.63) is 34.6 Å². The van der Waals surface area contributed by atoms with E-state index in [4.69, 9.17) is 0 Å². The van der Waals surface area contributed by atoms with Gasteiger partial charge in [-0.05, 0) is 12.5 Å². The number of hydrogen-bond acceptors (Lipinski definition) is 3. The number of rotatable bonds is 3. The van der Waals surface area contributed by atoms with Crippen LogP contribution >= 0.6 is 0 Å². The Bertz CT molecular complexity index is 800. The van der Waals surface area contributed by atoms with Gasteiger partial charge in [0.05, 0.1) is 5.52 Å². The summed E-state index contributed by atoms with van der Waals surface area (Å²) in [5.74, 6) is 0. The summed E-state index contributed by atoms with van der Waals surface area (Å²) in [4.78, 5) is 12.3. The molecule has 0 unspecified atom stereocenters. The maximum Gasteiger partial charge on any atom is 0.280 e. The largest absolute Gasteiger partial charge is 0.309 e. The van der Waals surface area contributed by atoms with Gasteiger partial charge in [0.1, 0.15) is 5.52 Å². The fraction of sp³-hybridized carbons (Fsp3) is 0.357. The number of pyridine rings is 1. The number of aryl methyl sites for hydroxylation is 2. The van der Waals surface area contributed by atoms with Gasteiger partial charge in [-0.25, -0.2) is 4.68 Å². The van der Waals surface area contributed by atoms with E-state index < -0.39 is 0 Å². The van der Waals surface area contributed by atoms with Crippen molar-refractivity contribution in [3.63, 3.8) is 0 Å². The van der Waals surface area contributed by atoms with Crippen molar-refractivity contribution >= 4 is 21.9 Å². The number of aromatic nitrogens is 4. The third-order valence-electron chi connectivity index (χ3n) is 3.49. The second kappa shape index (κ2) is 4.50. The summed E-state index contributed by atoms with van der Waals surface area (Å²) < 4.78 is 3.49. The van der Waals surface area contributed by atoms with Gasteiger partial charge in [0.25, 0.3) is 5.56 Å². The van der Waals surface area contributed by atoms with Crippen LogP contribution in [0, 0.1) is 0 Å². The Balaban J connectivity index is 2.42. The third-order valence-corrected chi connectivity index (χ3v) is 3.49. The van der Waals surface area contributed by atoms with Gasteiger partial charge in [-0.1, -0.05) is 36.8 Å². The van der Waals surface area contributed by atoms with E-state index in [2.05, 4.69) is 17.2 Å². The van der Waals surface area contributed by atoms with Crippen LogP contribution in [0.1, 0.15) is 19.8 Å². The van der Waals surface area contributed by atoms with E-state index in [1.165, 1.54) is 0 Å². The van der Waals surface area contributed by atoms with Crippen LogP contribution < -0.4 is 5.56 Å². The van der Waals surface area contributed by atoms with Crippen molar-refractivity contribution in [2.24, 2.45) is 7.05 Å². The summed E-state index contributed by atoms with van der Waals surface area (Å²) in [6, 6.07) is 7.88. The number of nitrogens with zero attached hydrogens (tertiary/aromatic N) is 4. The van der Waals surface area contributed by atoms with Gasteiger partial charge in [0, 0.05) is 19.0 Å². The monoisotopic (exact) mass is 256 g/mol. The molecule has 19 heavy (non-hydrogen) atoms. The van der Waals surface area contributed by atoms with E-state index in [0.717, 1.165) is 35.8 Å². The molecule has 0 aliphatic heterocycles. The molecule has 0 aliphatic carbocycles. The summed E-state index contributed by atoms with van der Waals surface area (Å²) >= 11 is 0. The topological polar surface area (TPSA) is 52.7 Å². The minimum Gasteiger partial charge on any atom is -0.309 e. The Labute approximate surface area is 110 Å². The highest BCUT2D eigenvalue weighted by atomic mass is 16.1. The maximum absolute atomic E-state index is 12.3. The highest BCUT2D eigenvalue weighted by Crippen LogP contribution is 2.20. The molecular formula is C14H16N4O. The first-order valence-electron chi connectivity index (χ1n) is 6.55. The minimum absolute atomic E-state index is 0.0866. The molecule has 3 rings (SSSR count). The molecule has 0 aliphatic rings. The van der Waals surface area contributed by atoms with Crippen LogP contribution in [0.4, 0.5) is 0 Å². The van der Waals surface area contributed by atoms with Crippen LogP contribution in [0.25, 0.3) is 21.9 Å². The molecule has 98 valence electrons. The lowest BCUT2D eigenvalue weighted by atomic mass is 10.2. The molecule has 0 amide bonds. The van der Waals surface area contributed by atoms with Crippen molar-refractivity contribution in [2.75, 3.05) is 0 Å². The quantitative estimate of drug-likeness (QED) is 0.721. The van der Waals surface area contributed by atoms with Crippen LogP contribution in [0.5, 0.6) is 0 Å². The lowest BCUT2D eigenvalue weighted by Crippen LogP contribution is -2.17. The van der Waals surface area contributed by atoms with E-state index in [-0.39, 0.29) is 5.56 Å². The van der Waals surface area contributed by atoms with Crippen molar-refractivity contribution in [1.82, 2.24) is 19.6 Å². The zero-order chi connectivity index (χ0) is 13.4. The molecule has 0 radical (unpaired) electrons. The zero-order valence-corrected chi connectivity index (χ0v) is 11.1. The Morgan fingerprint density at radius 2 is 2.05 bits per heavy atom. The highest BCUT2D eigenvalue weighted by molar-refractivity contribution is 6.01. The first-order chi connectivity index (χ1) is 9.24. The third kappa shape index (κ3) is 1.73. The number of fused-ring (bicyclic) bond motifs is 3. The number of benzene rings is 1. The Morgan fingerprint density at radius 1 is 1.26 bits per heavy atom. The van der Waals surface area contributed by atoms with E-state index in [1.807, 2.05) is 28.9 Å². The highest BCUT2D eigenvalue weighted by Gasteiger charge is 2.14. The first-order valence-corrected chi connectivity index (χ1v) is 6.55. The fourth-order valence-electron chi connectivity index (χ4n) is 2.42. The number of para-hydroxylation sites is 1. The second-order valence-electron chi connectivity index (χ2n) is 4.74. The molecule has 3 aromatic rings. The number of unbranched alkanes of at least 4 members (excludes halogenated alkanes) is 1. The predicted octanol–water partition coefficient (Wildman–Crippen LogP) is 2.08. The van der Waals surface area contributed by atoms with Crippen LogP contribution in [0.2, 0.25) is 0 Å². The molecule has 2 heterocycles. The average Bonchev–Trinajstić information content (AvgIpc) is 2.86. The normalized spacial score (nSPS) is 11.5. The lowest BCUT2D eigenvalue weighted by molar-refractivity contribution is 0.568. The van der Waals surface area contributed by atoms with Crippen LogP contribution in [-0.4, -0.2) is 19.6 Å². The molecule has 0 bridgehead atoms. The fourth-order valence-corrected chi connectivity index (χ4v) is 2.42. The molecule has 0 saturated carbocycles. The molecule has 0 atom stereocenters. The predicted molar refractivity (Wildman–Crippen MR) is 75.2 cm³/mol. The Morgan fingerprint density at radius 3 is 2.84 bits per heavy atom.